The average molecular weight is 131 g/mol. The Morgan fingerprint density at radius 3 is 3.00 bits per heavy atom. The highest BCUT2D eigenvalue weighted by molar-refractivity contribution is 4.67. The van der Waals surface area contributed by atoms with Crippen LogP contribution in [0, 0.1) is 0 Å². The number of nitrogens with two attached hydrogens (primary N) is 1. The van der Waals surface area contributed by atoms with Crippen LogP contribution in [-0.2, 0) is 9.47 Å². The molecule has 3 nitrogen and oxygen atoms in total. The maximum Gasteiger partial charge on any atom is 0.105 e. The lowest BCUT2D eigenvalue weighted by Crippen LogP contribution is -2.24. The highest BCUT2D eigenvalue weighted by Gasteiger charge is 2.22. The molecule has 0 aromatic rings. The minimum atomic E-state index is -0.103. The fourth-order valence-corrected chi connectivity index (χ4v) is 0.513. The van der Waals surface area contributed by atoms with Crippen LogP contribution in [0.4, 0.5) is 0 Å². The topological polar surface area (TPSA) is 47.8 Å². The Morgan fingerprint density at radius 2 is 2.56 bits per heavy atom. The first kappa shape index (κ1) is 6.99. The van der Waals surface area contributed by atoms with Gasteiger partial charge in [-0.1, -0.05) is 6.92 Å². The lowest BCUT2D eigenvalue weighted by atomic mass is 10.4. The van der Waals surface area contributed by atoms with Crippen LogP contribution >= 0.6 is 0 Å². The van der Waals surface area contributed by atoms with Crippen molar-refractivity contribution in [2.75, 3.05) is 13.2 Å². The summed E-state index contributed by atoms with van der Waals surface area (Å²) in [6, 6.07) is 0. The third-order valence-electron chi connectivity index (χ3n) is 1.30. The van der Waals surface area contributed by atoms with Crippen LogP contribution in [0.5, 0.6) is 0 Å². The van der Waals surface area contributed by atoms with E-state index < -0.39 is 0 Å². The first-order valence-corrected chi connectivity index (χ1v) is 3.31. The van der Waals surface area contributed by atoms with Gasteiger partial charge < -0.3 is 15.2 Å². The van der Waals surface area contributed by atoms with Gasteiger partial charge in [0, 0.05) is 0 Å². The first-order chi connectivity index (χ1) is 4.33. The lowest BCUT2D eigenvalue weighted by Gasteiger charge is -2.07. The third kappa shape index (κ3) is 2.79. The number of rotatable bonds is 4. The minimum Gasteiger partial charge on any atom is -0.371 e. The predicted octanol–water partition coefficient (Wildman–Crippen LogP) is 0.0966. The Balaban J connectivity index is 1.90. The molecule has 0 aromatic carbocycles. The molecular formula is C6H13NO2. The molecule has 2 unspecified atom stereocenters. The summed E-state index contributed by atoms with van der Waals surface area (Å²) >= 11 is 0. The van der Waals surface area contributed by atoms with Gasteiger partial charge in [-0.05, 0) is 6.42 Å². The van der Waals surface area contributed by atoms with E-state index in [0.717, 1.165) is 13.0 Å². The molecule has 0 amide bonds. The highest BCUT2D eigenvalue weighted by atomic mass is 16.6. The van der Waals surface area contributed by atoms with E-state index in [1.165, 1.54) is 0 Å². The molecule has 3 heteroatoms. The molecule has 2 atom stereocenters. The Hall–Kier alpha value is -0.120. The van der Waals surface area contributed by atoms with Gasteiger partial charge in [0.25, 0.3) is 0 Å². The van der Waals surface area contributed by atoms with Gasteiger partial charge in [0.2, 0.25) is 0 Å². The molecule has 1 aliphatic heterocycles. The molecule has 0 aliphatic carbocycles. The number of epoxide rings is 1. The second-order valence-corrected chi connectivity index (χ2v) is 2.24. The first-order valence-electron chi connectivity index (χ1n) is 3.31. The summed E-state index contributed by atoms with van der Waals surface area (Å²) in [6.45, 7) is 3.50. The Morgan fingerprint density at radius 1 is 1.89 bits per heavy atom. The van der Waals surface area contributed by atoms with Crippen LogP contribution in [0.15, 0.2) is 0 Å². The van der Waals surface area contributed by atoms with Gasteiger partial charge in [-0.3, -0.25) is 0 Å². The molecule has 1 heterocycles. The molecule has 0 bridgehead atoms. The van der Waals surface area contributed by atoms with Crippen molar-refractivity contribution < 1.29 is 9.47 Å². The lowest BCUT2D eigenvalue weighted by molar-refractivity contribution is 0.0446. The van der Waals surface area contributed by atoms with E-state index in [4.69, 9.17) is 15.2 Å². The molecular weight excluding hydrogens is 118 g/mol. The Labute approximate surface area is 55.1 Å². The normalized spacial score (nSPS) is 28.0. The van der Waals surface area contributed by atoms with Crippen molar-refractivity contribution in [2.45, 2.75) is 25.7 Å². The fraction of sp³-hybridized carbons (Fsp3) is 1.00. The predicted molar refractivity (Wildman–Crippen MR) is 34.0 cm³/mol. The monoisotopic (exact) mass is 131 g/mol. The Kier molecular flexibility index (Phi) is 2.45. The smallest absolute Gasteiger partial charge is 0.105 e. The zero-order valence-electron chi connectivity index (χ0n) is 5.67. The fourth-order valence-electron chi connectivity index (χ4n) is 0.513. The summed E-state index contributed by atoms with van der Waals surface area (Å²) in [5.41, 5.74) is 5.47. The zero-order chi connectivity index (χ0) is 6.69. The Bertz CT molecular complexity index is 83.1. The van der Waals surface area contributed by atoms with Gasteiger partial charge in [0.05, 0.1) is 13.2 Å². The van der Waals surface area contributed by atoms with Crippen LogP contribution in [0.1, 0.15) is 13.3 Å². The third-order valence-corrected chi connectivity index (χ3v) is 1.30. The molecule has 54 valence electrons. The standard InChI is InChI=1S/C6H13NO2/c1-2-6(7)9-4-5-3-8-5/h5-6H,2-4,7H2,1H3. The van der Waals surface area contributed by atoms with Crippen molar-refractivity contribution in [3.8, 4) is 0 Å². The van der Waals surface area contributed by atoms with E-state index in [9.17, 15) is 0 Å². The summed E-state index contributed by atoms with van der Waals surface area (Å²) in [7, 11) is 0. The number of hydrogen-bond acceptors (Lipinski definition) is 3. The molecule has 1 rings (SSSR count). The van der Waals surface area contributed by atoms with E-state index in [2.05, 4.69) is 0 Å². The van der Waals surface area contributed by atoms with E-state index in [1.54, 1.807) is 0 Å². The van der Waals surface area contributed by atoms with E-state index in [1.807, 2.05) is 6.92 Å². The van der Waals surface area contributed by atoms with E-state index >= 15 is 0 Å². The molecule has 9 heavy (non-hydrogen) atoms. The van der Waals surface area contributed by atoms with Crippen molar-refractivity contribution in [2.24, 2.45) is 5.73 Å². The molecule has 0 radical (unpaired) electrons. The van der Waals surface area contributed by atoms with Gasteiger partial charge in [0.1, 0.15) is 12.3 Å². The van der Waals surface area contributed by atoms with Crippen molar-refractivity contribution in [1.82, 2.24) is 0 Å². The molecule has 1 saturated heterocycles. The van der Waals surface area contributed by atoms with Crippen LogP contribution in [0.25, 0.3) is 0 Å². The van der Waals surface area contributed by atoms with Crippen LogP contribution in [-0.4, -0.2) is 25.5 Å². The van der Waals surface area contributed by atoms with Crippen LogP contribution in [0.3, 0.4) is 0 Å². The molecule has 0 spiro atoms. The summed E-state index contributed by atoms with van der Waals surface area (Å²) in [5.74, 6) is 0. The second-order valence-electron chi connectivity index (χ2n) is 2.24. The molecule has 0 aromatic heterocycles. The summed E-state index contributed by atoms with van der Waals surface area (Å²) in [6.07, 6.45) is 1.10. The van der Waals surface area contributed by atoms with Gasteiger partial charge >= 0.3 is 0 Å². The molecule has 1 aliphatic rings. The zero-order valence-corrected chi connectivity index (χ0v) is 5.67. The molecule has 1 fully saturated rings. The maximum atomic E-state index is 5.47. The van der Waals surface area contributed by atoms with Crippen molar-refractivity contribution in [3.05, 3.63) is 0 Å². The highest BCUT2D eigenvalue weighted by Crippen LogP contribution is 2.09. The van der Waals surface area contributed by atoms with Crippen molar-refractivity contribution in [3.63, 3.8) is 0 Å². The summed E-state index contributed by atoms with van der Waals surface area (Å²) < 4.78 is 10.1. The van der Waals surface area contributed by atoms with Gasteiger partial charge in [0.15, 0.2) is 0 Å². The van der Waals surface area contributed by atoms with Crippen molar-refractivity contribution >= 4 is 0 Å². The summed E-state index contributed by atoms with van der Waals surface area (Å²) in [4.78, 5) is 0. The SMILES string of the molecule is CCC(N)OCC1CO1. The second kappa shape index (κ2) is 3.15. The van der Waals surface area contributed by atoms with Gasteiger partial charge in [-0.25, -0.2) is 0 Å². The van der Waals surface area contributed by atoms with Gasteiger partial charge in [-0.2, -0.15) is 0 Å². The summed E-state index contributed by atoms with van der Waals surface area (Å²) in [5, 5.41) is 0. The quantitative estimate of drug-likeness (QED) is 0.434. The average Bonchev–Trinajstić information content (AvgIpc) is 2.65. The van der Waals surface area contributed by atoms with Crippen LogP contribution < -0.4 is 5.73 Å². The van der Waals surface area contributed by atoms with Crippen molar-refractivity contribution in [1.29, 1.82) is 0 Å². The molecule has 2 N–H and O–H groups in total. The van der Waals surface area contributed by atoms with Gasteiger partial charge in [-0.15, -0.1) is 0 Å². The largest absolute Gasteiger partial charge is 0.371 e. The molecule has 0 saturated carbocycles. The van der Waals surface area contributed by atoms with E-state index in [0.29, 0.717) is 12.7 Å². The number of ether oxygens (including phenoxy) is 2. The number of hydrogen-bond donors (Lipinski definition) is 1. The minimum absolute atomic E-state index is 0.103. The van der Waals surface area contributed by atoms with Crippen LogP contribution in [0.2, 0.25) is 0 Å². The van der Waals surface area contributed by atoms with E-state index in [-0.39, 0.29) is 6.23 Å². The maximum absolute atomic E-state index is 5.47.